The van der Waals surface area contributed by atoms with Crippen LogP contribution in [0.4, 0.5) is 0 Å². The van der Waals surface area contributed by atoms with E-state index in [0.717, 1.165) is 42.3 Å². The molecule has 0 radical (unpaired) electrons. The second-order valence-electron chi connectivity index (χ2n) is 7.40. The number of benzene rings is 2. The van der Waals surface area contributed by atoms with Crippen molar-refractivity contribution in [2.45, 2.75) is 45.6 Å². The molecule has 2 atom stereocenters. The molecule has 1 unspecified atom stereocenters. The van der Waals surface area contributed by atoms with Crippen molar-refractivity contribution in [3.05, 3.63) is 64.7 Å². The van der Waals surface area contributed by atoms with Crippen LogP contribution in [0.15, 0.2) is 42.5 Å². The van der Waals surface area contributed by atoms with E-state index < -0.39 is 6.10 Å². The average molecular weight is 365 g/mol. The second-order valence-corrected chi connectivity index (χ2v) is 7.40. The lowest BCUT2D eigenvalue weighted by molar-refractivity contribution is 0.169. The number of aliphatic hydroxyl groups excluding tert-OH is 1. The molecular formula is C23H27NO3. The number of hydrogen-bond acceptors (Lipinski definition) is 4. The summed E-state index contributed by atoms with van der Waals surface area (Å²) >= 11 is 0. The fraction of sp³-hybridized carbons (Fsp3) is 0.391. The molecule has 0 amide bonds. The topological polar surface area (TPSA) is 41.9 Å². The molecule has 2 aromatic carbocycles. The van der Waals surface area contributed by atoms with Crippen molar-refractivity contribution in [1.29, 1.82) is 0 Å². The number of methoxy groups -OCH3 is 1. The van der Waals surface area contributed by atoms with Crippen molar-refractivity contribution in [3.63, 3.8) is 0 Å². The molecule has 0 bridgehead atoms. The Kier molecular flexibility index (Phi) is 4.94. The number of aryl methyl sites for hydroxylation is 1. The molecule has 0 saturated heterocycles. The van der Waals surface area contributed by atoms with E-state index in [-0.39, 0.29) is 6.10 Å². The maximum absolute atomic E-state index is 10.1. The van der Waals surface area contributed by atoms with E-state index >= 15 is 0 Å². The first-order chi connectivity index (χ1) is 13.1. The second kappa shape index (κ2) is 7.37. The standard InChI is InChI=1S/C23H27NO3/c1-4-24(13-16-8-6-5-7-9-16)14-19-15(2)10-21(26-3)23-22(19)18-11-17(25)12-20(18)27-23/h5-11,17,20,25H,4,12-14H2,1-3H3/t17-,20?/m0/s1. The van der Waals surface area contributed by atoms with Gasteiger partial charge in [-0.3, -0.25) is 4.90 Å². The van der Waals surface area contributed by atoms with Gasteiger partial charge in [-0.1, -0.05) is 37.3 Å². The van der Waals surface area contributed by atoms with Crippen LogP contribution in [-0.2, 0) is 13.1 Å². The van der Waals surface area contributed by atoms with E-state index in [1.807, 2.05) is 6.08 Å². The first-order valence-electron chi connectivity index (χ1n) is 9.64. The smallest absolute Gasteiger partial charge is 0.170 e. The van der Waals surface area contributed by atoms with E-state index in [1.165, 1.54) is 16.7 Å². The van der Waals surface area contributed by atoms with E-state index in [2.05, 4.69) is 55.1 Å². The Morgan fingerprint density at radius 2 is 2.00 bits per heavy atom. The van der Waals surface area contributed by atoms with Crippen molar-refractivity contribution in [3.8, 4) is 11.5 Å². The number of aliphatic hydroxyl groups is 1. The molecule has 4 rings (SSSR count). The fourth-order valence-electron chi connectivity index (χ4n) is 4.16. The van der Waals surface area contributed by atoms with Gasteiger partial charge in [-0.25, -0.2) is 0 Å². The highest BCUT2D eigenvalue weighted by molar-refractivity contribution is 5.84. The van der Waals surface area contributed by atoms with E-state index in [4.69, 9.17) is 9.47 Å². The van der Waals surface area contributed by atoms with Crippen LogP contribution < -0.4 is 9.47 Å². The van der Waals surface area contributed by atoms with Gasteiger partial charge >= 0.3 is 0 Å². The van der Waals surface area contributed by atoms with Crippen molar-refractivity contribution in [2.24, 2.45) is 0 Å². The quantitative estimate of drug-likeness (QED) is 0.842. The van der Waals surface area contributed by atoms with Gasteiger partial charge < -0.3 is 14.6 Å². The summed E-state index contributed by atoms with van der Waals surface area (Å²) in [5, 5.41) is 10.1. The van der Waals surface area contributed by atoms with Crippen LogP contribution in [0.3, 0.4) is 0 Å². The zero-order chi connectivity index (χ0) is 19.0. The molecule has 0 aromatic heterocycles. The van der Waals surface area contributed by atoms with Crippen LogP contribution in [0.1, 0.15) is 35.6 Å². The Labute approximate surface area is 161 Å². The van der Waals surface area contributed by atoms with Crippen molar-refractivity contribution in [2.75, 3.05) is 13.7 Å². The Hall–Kier alpha value is -2.30. The van der Waals surface area contributed by atoms with Crippen LogP contribution in [0.25, 0.3) is 5.57 Å². The van der Waals surface area contributed by atoms with Crippen LogP contribution in [0, 0.1) is 6.92 Å². The zero-order valence-electron chi connectivity index (χ0n) is 16.2. The molecule has 0 spiro atoms. The van der Waals surface area contributed by atoms with Gasteiger partial charge in [0.25, 0.3) is 0 Å². The van der Waals surface area contributed by atoms with Gasteiger partial charge in [-0.2, -0.15) is 0 Å². The number of fused-ring (bicyclic) bond motifs is 3. The van der Waals surface area contributed by atoms with Crippen LogP contribution in [0.2, 0.25) is 0 Å². The first-order valence-corrected chi connectivity index (χ1v) is 9.64. The third-order valence-electron chi connectivity index (χ3n) is 5.60. The number of rotatable bonds is 6. The molecule has 142 valence electrons. The van der Waals surface area contributed by atoms with Gasteiger partial charge in [0, 0.05) is 30.6 Å². The highest BCUT2D eigenvalue weighted by atomic mass is 16.5. The lowest BCUT2D eigenvalue weighted by Gasteiger charge is -2.24. The van der Waals surface area contributed by atoms with Gasteiger partial charge in [0.05, 0.1) is 13.2 Å². The minimum atomic E-state index is -0.427. The SMILES string of the molecule is CCN(Cc1ccccc1)Cc1c(C)cc(OC)c2c1C1=C[C@H](O)CC1O2. The Morgan fingerprint density at radius 3 is 2.70 bits per heavy atom. The predicted molar refractivity (Wildman–Crippen MR) is 107 cm³/mol. The molecule has 27 heavy (non-hydrogen) atoms. The van der Waals surface area contributed by atoms with Gasteiger partial charge in [0.2, 0.25) is 0 Å². The molecule has 1 aliphatic heterocycles. The van der Waals surface area contributed by atoms with Crippen LogP contribution >= 0.6 is 0 Å². The summed E-state index contributed by atoms with van der Waals surface area (Å²) < 4.78 is 11.8. The molecule has 0 saturated carbocycles. The van der Waals surface area contributed by atoms with Crippen LogP contribution in [-0.4, -0.2) is 35.9 Å². The molecule has 4 nitrogen and oxygen atoms in total. The molecule has 4 heteroatoms. The summed E-state index contributed by atoms with van der Waals surface area (Å²) in [6, 6.07) is 12.6. The largest absolute Gasteiger partial charge is 0.493 e. The van der Waals surface area contributed by atoms with Gasteiger partial charge in [0.1, 0.15) is 6.10 Å². The van der Waals surface area contributed by atoms with Gasteiger partial charge in [0.15, 0.2) is 11.5 Å². The van der Waals surface area contributed by atoms with Gasteiger partial charge in [-0.15, -0.1) is 0 Å². The Balaban J connectivity index is 1.71. The maximum atomic E-state index is 10.1. The summed E-state index contributed by atoms with van der Waals surface area (Å²) in [5.41, 5.74) is 6.02. The summed E-state index contributed by atoms with van der Waals surface area (Å²) in [6.07, 6.45) is 2.08. The highest BCUT2D eigenvalue weighted by Crippen LogP contribution is 2.50. The van der Waals surface area contributed by atoms with Crippen LogP contribution in [0.5, 0.6) is 11.5 Å². The van der Waals surface area contributed by atoms with E-state index in [1.54, 1.807) is 7.11 Å². The Morgan fingerprint density at radius 1 is 1.22 bits per heavy atom. The third kappa shape index (κ3) is 3.35. The Bertz CT molecular complexity index is 860. The van der Waals surface area contributed by atoms with E-state index in [9.17, 15) is 5.11 Å². The van der Waals surface area contributed by atoms with E-state index in [0.29, 0.717) is 6.42 Å². The minimum absolute atomic E-state index is 0.0614. The zero-order valence-corrected chi connectivity index (χ0v) is 16.2. The normalized spacial score (nSPS) is 20.3. The molecule has 1 heterocycles. The summed E-state index contributed by atoms with van der Waals surface area (Å²) in [5.74, 6) is 1.61. The maximum Gasteiger partial charge on any atom is 0.170 e. The molecule has 2 aliphatic rings. The van der Waals surface area contributed by atoms with Crippen molar-refractivity contribution in [1.82, 2.24) is 4.90 Å². The summed E-state index contributed by atoms with van der Waals surface area (Å²) in [7, 11) is 1.68. The summed E-state index contributed by atoms with van der Waals surface area (Å²) in [6.45, 7) is 7.03. The molecule has 2 aromatic rings. The monoisotopic (exact) mass is 365 g/mol. The highest BCUT2D eigenvalue weighted by Gasteiger charge is 2.39. The lowest BCUT2D eigenvalue weighted by atomic mass is 9.94. The number of ether oxygens (including phenoxy) is 2. The predicted octanol–water partition coefficient (Wildman–Crippen LogP) is 3.93. The van der Waals surface area contributed by atoms with Crippen molar-refractivity contribution >= 4 is 5.57 Å². The lowest BCUT2D eigenvalue weighted by Crippen LogP contribution is -2.23. The summed E-state index contributed by atoms with van der Waals surface area (Å²) in [4.78, 5) is 2.43. The molecular weight excluding hydrogens is 338 g/mol. The average Bonchev–Trinajstić information content (AvgIpc) is 3.20. The molecule has 0 fully saturated rings. The van der Waals surface area contributed by atoms with Crippen molar-refractivity contribution < 1.29 is 14.6 Å². The third-order valence-corrected chi connectivity index (χ3v) is 5.60. The minimum Gasteiger partial charge on any atom is -0.493 e. The molecule has 1 aliphatic carbocycles. The fourth-order valence-corrected chi connectivity index (χ4v) is 4.16. The first kappa shape index (κ1) is 18.1. The molecule has 1 N–H and O–H groups in total. The number of hydrogen-bond donors (Lipinski definition) is 1. The number of nitrogens with zero attached hydrogens (tertiary/aromatic N) is 1. The van der Waals surface area contributed by atoms with Gasteiger partial charge in [-0.05, 0) is 42.3 Å².